The number of hydrogen-bond acceptors (Lipinski definition) is 2. The smallest absolute Gasteiger partial charge is 0.112 e. The fourth-order valence-corrected chi connectivity index (χ4v) is 14.0. The molecule has 0 bridgehead atoms. The third-order valence-electron chi connectivity index (χ3n) is 15.5. The predicted molar refractivity (Wildman–Crippen MR) is 323 cm³/mol. The lowest BCUT2D eigenvalue weighted by molar-refractivity contribution is 1.18. The minimum atomic E-state index is -2.20. The van der Waals surface area contributed by atoms with Crippen LogP contribution in [0.4, 0.5) is 34.1 Å². The van der Waals surface area contributed by atoms with Gasteiger partial charge in [0.15, 0.2) is 0 Å². The Labute approximate surface area is 437 Å². The number of anilines is 6. The van der Waals surface area contributed by atoms with Crippen LogP contribution in [0.1, 0.15) is 0 Å². The third kappa shape index (κ3) is 7.59. The molecule has 2 aromatic heterocycles. The Balaban J connectivity index is 0.842. The highest BCUT2D eigenvalue weighted by Gasteiger charge is 2.28. The first-order valence-corrected chi connectivity index (χ1v) is 28.9. The highest BCUT2D eigenvalue weighted by Crippen LogP contribution is 2.43. The molecule has 0 radical (unpaired) electrons. The molecule has 0 aliphatic rings. The van der Waals surface area contributed by atoms with E-state index in [1.54, 1.807) is 0 Å². The number of para-hydroxylation sites is 4. The van der Waals surface area contributed by atoms with Crippen molar-refractivity contribution < 1.29 is 0 Å². The molecule has 0 aliphatic heterocycles. The highest BCUT2D eigenvalue weighted by molar-refractivity contribution is 7.00. The normalized spacial score (nSPS) is 11.9. The summed E-state index contributed by atoms with van der Waals surface area (Å²) in [5, 5.41) is 12.6. The zero-order valence-corrected chi connectivity index (χ0v) is 42.8. The first kappa shape index (κ1) is 44.3. The lowest BCUT2D eigenvalue weighted by Gasteiger charge is -2.29. The highest BCUT2D eigenvalue weighted by atomic mass is 28.3. The third-order valence-corrected chi connectivity index (χ3v) is 19.1. The van der Waals surface area contributed by atoms with Crippen LogP contribution in [0.2, 0.25) is 13.1 Å². The van der Waals surface area contributed by atoms with Crippen LogP contribution >= 0.6 is 0 Å². The molecule has 4 nitrogen and oxygen atoms in total. The maximum atomic E-state index is 2.48. The van der Waals surface area contributed by atoms with Gasteiger partial charge in [0, 0.05) is 67.0 Å². The van der Waals surface area contributed by atoms with Gasteiger partial charge in [0.25, 0.3) is 0 Å². The maximum absolute atomic E-state index is 2.48. The number of nitrogens with zero attached hydrogens (tertiary/aromatic N) is 4. The van der Waals surface area contributed by atoms with E-state index >= 15 is 0 Å². The van der Waals surface area contributed by atoms with Crippen LogP contribution in [-0.4, -0.2) is 17.2 Å². The minimum absolute atomic E-state index is 1.12. The fraction of sp³-hybridized carbons (Fsp3) is 0.0286. The Kier molecular flexibility index (Phi) is 10.6. The van der Waals surface area contributed by atoms with Crippen LogP contribution in [0.15, 0.2) is 279 Å². The second-order valence-corrected chi connectivity index (χ2v) is 24.6. The lowest BCUT2D eigenvalue weighted by Crippen LogP contribution is -2.52. The molecule has 0 N–H and O–H groups in total. The molecule has 0 fully saturated rings. The summed E-state index contributed by atoms with van der Waals surface area (Å²) in [4.78, 5) is 4.84. The van der Waals surface area contributed by atoms with Gasteiger partial charge in [-0.05, 0) is 143 Å². The Morgan fingerprint density at radius 3 is 1.00 bits per heavy atom. The molecule has 0 saturated carbocycles. The van der Waals surface area contributed by atoms with E-state index in [1.807, 2.05) is 0 Å². The monoisotopic (exact) mass is 976 g/mol. The van der Waals surface area contributed by atoms with Crippen LogP contribution < -0.4 is 20.2 Å². The van der Waals surface area contributed by atoms with E-state index in [0.29, 0.717) is 0 Å². The molecule has 14 aromatic rings. The summed E-state index contributed by atoms with van der Waals surface area (Å²) >= 11 is 0. The standard InChI is InChI=1S/C70H52N4Si/c1-75(2,61-39-33-55(34-40-61)71(57-31-29-49-17-9-11-19-51(49)45-57)59-37-43-69-65(47-59)63-25-13-15-27-67(63)73(69)53-21-5-3-6-22-53)62-41-35-56(36-42-62)72(58-32-30-50-18-10-12-20-52(50)46-58)60-38-44-70-66(48-60)64-26-14-16-28-68(64)74(70)54-23-7-4-8-24-54/h3-48H,1-2H3. The molecule has 0 spiro atoms. The van der Waals surface area contributed by atoms with Gasteiger partial charge in [-0.25, -0.2) is 0 Å². The molecule has 2 heterocycles. The van der Waals surface area contributed by atoms with E-state index in [2.05, 4.69) is 311 Å². The number of rotatable bonds is 10. The van der Waals surface area contributed by atoms with Gasteiger partial charge in [0.1, 0.15) is 8.07 Å². The zero-order chi connectivity index (χ0) is 50.0. The number of benzene rings is 12. The Morgan fingerprint density at radius 2 is 0.573 bits per heavy atom. The van der Waals surface area contributed by atoms with Gasteiger partial charge in [-0.2, -0.15) is 0 Å². The largest absolute Gasteiger partial charge is 0.310 e. The molecular weight excluding hydrogens is 925 g/mol. The number of aromatic nitrogens is 2. The average Bonchev–Trinajstić information content (AvgIpc) is 4.00. The van der Waals surface area contributed by atoms with Gasteiger partial charge in [-0.3, -0.25) is 0 Å². The first-order valence-electron chi connectivity index (χ1n) is 25.9. The maximum Gasteiger partial charge on any atom is 0.112 e. The van der Waals surface area contributed by atoms with Gasteiger partial charge in [0.2, 0.25) is 0 Å². The summed E-state index contributed by atoms with van der Waals surface area (Å²) in [7, 11) is -2.20. The van der Waals surface area contributed by atoms with Crippen molar-refractivity contribution in [3.8, 4) is 11.4 Å². The van der Waals surface area contributed by atoms with E-state index in [0.717, 1.165) is 45.5 Å². The second-order valence-electron chi connectivity index (χ2n) is 20.2. The zero-order valence-electron chi connectivity index (χ0n) is 41.8. The quantitative estimate of drug-likeness (QED) is 0.127. The second kappa shape index (κ2) is 18.0. The van der Waals surface area contributed by atoms with Crippen LogP contribution in [0.25, 0.3) is 76.5 Å². The molecule has 75 heavy (non-hydrogen) atoms. The molecule has 12 aromatic carbocycles. The van der Waals surface area contributed by atoms with Crippen molar-refractivity contribution in [3.63, 3.8) is 0 Å². The summed E-state index contributed by atoms with van der Waals surface area (Å²) in [6.45, 7) is 4.96. The Hall–Kier alpha value is -9.42. The van der Waals surface area contributed by atoms with Gasteiger partial charge < -0.3 is 18.9 Å². The van der Waals surface area contributed by atoms with E-state index in [9.17, 15) is 0 Å². The first-order chi connectivity index (χ1) is 36.9. The minimum Gasteiger partial charge on any atom is -0.310 e. The summed E-state index contributed by atoms with van der Waals surface area (Å²) in [5.41, 5.74) is 13.8. The van der Waals surface area contributed by atoms with Crippen LogP contribution in [0, 0.1) is 0 Å². The molecule has 356 valence electrons. The van der Waals surface area contributed by atoms with Gasteiger partial charge in [-0.15, -0.1) is 0 Å². The number of hydrogen-bond donors (Lipinski definition) is 0. The topological polar surface area (TPSA) is 16.3 Å². The molecule has 0 amide bonds. The van der Waals surface area contributed by atoms with Crippen molar-refractivity contribution in [2.75, 3.05) is 9.80 Å². The van der Waals surface area contributed by atoms with Crippen molar-refractivity contribution in [3.05, 3.63) is 279 Å². The predicted octanol–water partition coefficient (Wildman–Crippen LogP) is 17.9. The summed E-state index contributed by atoms with van der Waals surface area (Å²) in [5.74, 6) is 0. The van der Waals surface area contributed by atoms with Gasteiger partial charge in [0.05, 0.1) is 22.1 Å². The van der Waals surface area contributed by atoms with E-state index in [1.165, 1.54) is 75.5 Å². The van der Waals surface area contributed by atoms with Crippen LogP contribution in [0.5, 0.6) is 0 Å². The molecular formula is C70H52N4Si. The Bertz CT molecular complexity index is 4150. The Morgan fingerprint density at radius 1 is 0.253 bits per heavy atom. The average molecular weight is 977 g/mol. The molecule has 0 unspecified atom stereocenters. The van der Waals surface area contributed by atoms with Crippen LogP contribution in [0.3, 0.4) is 0 Å². The van der Waals surface area contributed by atoms with Crippen molar-refractivity contribution in [1.29, 1.82) is 0 Å². The summed E-state index contributed by atoms with van der Waals surface area (Å²) in [6, 6.07) is 103. The van der Waals surface area contributed by atoms with Crippen molar-refractivity contribution in [2.45, 2.75) is 13.1 Å². The SMILES string of the molecule is C[Si](C)(c1ccc(N(c2ccc3ccccc3c2)c2ccc3c(c2)c2ccccc2n3-c2ccccc2)cc1)c1ccc(N(c2ccc3ccccc3c2)c2ccc3c(c2)c2ccccc2n3-c2ccccc2)cc1. The molecule has 5 heteroatoms. The summed E-state index contributed by atoms with van der Waals surface area (Å²) in [6.07, 6.45) is 0. The fourth-order valence-electron chi connectivity index (χ4n) is 11.7. The van der Waals surface area contributed by atoms with E-state index in [4.69, 9.17) is 0 Å². The molecule has 0 atom stereocenters. The van der Waals surface area contributed by atoms with E-state index in [-0.39, 0.29) is 0 Å². The molecule has 0 aliphatic carbocycles. The summed E-state index contributed by atoms with van der Waals surface area (Å²) < 4.78 is 4.77. The molecule has 0 saturated heterocycles. The van der Waals surface area contributed by atoms with Gasteiger partial charge in [-0.1, -0.05) is 181 Å². The van der Waals surface area contributed by atoms with Crippen molar-refractivity contribution in [2.24, 2.45) is 0 Å². The molecule has 14 rings (SSSR count). The van der Waals surface area contributed by atoms with Crippen molar-refractivity contribution in [1.82, 2.24) is 9.13 Å². The van der Waals surface area contributed by atoms with Crippen molar-refractivity contribution >= 4 is 118 Å². The van der Waals surface area contributed by atoms with E-state index < -0.39 is 8.07 Å². The lowest BCUT2D eigenvalue weighted by atomic mass is 10.1. The van der Waals surface area contributed by atoms with Crippen LogP contribution in [-0.2, 0) is 0 Å². The van der Waals surface area contributed by atoms with Gasteiger partial charge >= 0.3 is 0 Å². The number of fused-ring (bicyclic) bond motifs is 8.